The molecule has 0 radical (unpaired) electrons. The van der Waals surface area contributed by atoms with Crippen molar-refractivity contribution in [3.63, 3.8) is 0 Å². The van der Waals surface area contributed by atoms with Gasteiger partial charge in [0.1, 0.15) is 0 Å². The molecule has 0 bridgehead atoms. The summed E-state index contributed by atoms with van der Waals surface area (Å²) < 4.78 is 5.49. The van der Waals surface area contributed by atoms with E-state index in [1.807, 2.05) is 49.1 Å². The van der Waals surface area contributed by atoms with Gasteiger partial charge in [0.15, 0.2) is 0 Å². The first-order valence-corrected chi connectivity index (χ1v) is 9.63. The molecule has 1 saturated heterocycles. The average molecular weight is 371 g/mol. The smallest absolute Gasteiger partial charge is 0.244 e. The summed E-state index contributed by atoms with van der Waals surface area (Å²) in [6.45, 7) is 8.79. The van der Waals surface area contributed by atoms with Gasteiger partial charge in [-0.3, -0.25) is 9.69 Å². The molecule has 1 amide bonds. The number of aromatic nitrogens is 2. The molecule has 2 atom stereocenters. The van der Waals surface area contributed by atoms with Gasteiger partial charge >= 0.3 is 0 Å². The van der Waals surface area contributed by atoms with E-state index in [-0.39, 0.29) is 11.9 Å². The molecule has 7 heteroatoms. The van der Waals surface area contributed by atoms with Gasteiger partial charge in [-0.15, -0.1) is 0 Å². The number of hydrogen-bond donors (Lipinski definition) is 1. The summed E-state index contributed by atoms with van der Waals surface area (Å²) in [6.07, 6.45) is 1.60. The molecule has 27 heavy (non-hydrogen) atoms. The van der Waals surface area contributed by atoms with E-state index in [9.17, 15) is 4.79 Å². The number of carbonyl (C=O) groups excluding carboxylic acids is 1. The van der Waals surface area contributed by atoms with Crippen molar-refractivity contribution in [2.45, 2.75) is 45.2 Å². The van der Waals surface area contributed by atoms with Gasteiger partial charge in [0.2, 0.25) is 17.6 Å². The second kappa shape index (κ2) is 8.19. The zero-order valence-corrected chi connectivity index (χ0v) is 16.4. The third-order valence-electron chi connectivity index (χ3n) is 5.24. The highest BCUT2D eigenvalue weighted by Crippen LogP contribution is 2.24. The fourth-order valence-corrected chi connectivity index (χ4v) is 3.57. The minimum atomic E-state index is -0.778. The van der Waals surface area contributed by atoms with Crippen molar-refractivity contribution >= 4 is 5.91 Å². The molecule has 1 fully saturated rings. The molecule has 1 aliphatic rings. The molecule has 0 saturated carbocycles. The van der Waals surface area contributed by atoms with E-state index in [4.69, 9.17) is 10.3 Å². The van der Waals surface area contributed by atoms with Crippen molar-refractivity contribution in [3.8, 4) is 11.4 Å². The van der Waals surface area contributed by atoms with E-state index in [0.29, 0.717) is 31.2 Å². The van der Waals surface area contributed by atoms with Crippen LogP contribution in [0.3, 0.4) is 0 Å². The highest BCUT2D eigenvalue weighted by Gasteiger charge is 2.34. The summed E-state index contributed by atoms with van der Waals surface area (Å²) in [5.74, 6) is 1.24. The number of nitrogens with zero attached hydrogens (tertiary/aromatic N) is 4. The van der Waals surface area contributed by atoms with Gasteiger partial charge in [0.05, 0.1) is 11.6 Å². The number of rotatable bonds is 6. The van der Waals surface area contributed by atoms with Crippen LogP contribution in [0.15, 0.2) is 34.9 Å². The summed E-state index contributed by atoms with van der Waals surface area (Å²) in [7, 11) is 0. The summed E-state index contributed by atoms with van der Waals surface area (Å²) >= 11 is 0. The van der Waals surface area contributed by atoms with Crippen LogP contribution in [0.4, 0.5) is 0 Å². The van der Waals surface area contributed by atoms with Crippen LogP contribution in [0, 0.1) is 0 Å². The largest absolute Gasteiger partial charge is 0.339 e. The monoisotopic (exact) mass is 371 g/mol. The van der Waals surface area contributed by atoms with Crippen molar-refractivity contribution in [1.82, 2.24) is 19.9 Å². The van der Waals surface area contributed by atoms with Gasteiger partial charge in [0, 0.05) is 31.7 Å². The molecule has 1 aromatic heterocycles. The van der Waals surface area contributed by atoms with Crippen LogP contribution in [0.1, 0.15) is 45.5 Å². The predicted octanol–water partition coefficient (Wildman–Crippen LogP) is 2.46. The molecule has 2 N–H and O–H groups in total. The molecule has 7 nitrogen and oxygen atoms in total. The van der Waals surface area contributed by atoms with Crippen LogP contribution in [0.25, 0.3) is 11.4 Å². The second-order valence-corrected chi connectivity index (χ2v) is 7.49. The first-order chi connectivity index (χ1) is 12.9. The summed E-state index contributed by atoms with van der Waals surface area (Å²) in [5.41, 5.74) is 6.37. The van der Waals surface area contributed by atoms with Crippen LogP contribution in [-0.2, 0) is 4.79 Å². The standard InChI is InChI=1S/C20H29N5O2/c1-4-10-20(3,21)19(26)25-13-11-24(12-14-25)15(2)18-22-17(23-27-18)16-8-6-5-7-9-16/h5-9,15H,4,10-14,21H2,1-3H3. The number of hydrogen-bond acceptors (Lipinski definition) is 6. The number of amides is 1. The minimum absolute atomic E-state index is 0.00659. The molecule has 146 valence electrons. The fourth-order valence-electron chi connectivity index (χ4n) is 3.57. The van der Waals surface area contributed by atoms with Crippen LogP contribution < -0.4 is 5.73 Å². The van der Waals surface area contributed by atoms with Crippen molar-refractivity contribution in [2.75, 3.05) is 26.2 Å². The third-order valence-corrected chi connectivity index (χ3v) is 5.24. The van der Waals surface area contributed by atoms with E-state index in [2.05, 4.69) is 22.0 Å². The minimum Gasteiger partial charge on any atom is -0.339 e. The topological polar surface area (TPSA) is 88.5 Å². The molecule has 0 aliphatic carbocycles. The van der Waals surface area contributed by atoms with E-state index < -0.39 is 5.54 Å². The highest BCUT2D eigenvalue weighted by molar-refractivity contribution is 5.85. The molecule has 3 rings (SSSR count). The summed E-state index contributed by atoms with van der Waals surface area (Å²) in [4.78, 5) is 21.4. The number of carbonyl (C=O) groups is 1. The molecule has 2 unspecified atom stereocenters. The van der Waals surface area contributed by atoms with Crippen LogP contribution >= 0.6 is 0 Å². The SMILES string of the molecule is CCCC(C)(N)C(=O)N1CCN(C(C)c2nc(-c3ccccc3)no2)CC1. The van der Waals surface area contributed by atoms with E-state index in [1.165, 1.54) is 0 Å². The molecule has 1 aliphatic heterocycles. The van der Waals surface area contributed by atoms with Gasteiger partial charge in [-0.25, -0.2) is 0 Å². The van der Waals surface area contributed by atoms with Gasteiger partial charge in [-0.1, -0.05) is 48.8 Å². The Balaban J connectivity index is 1.60. The normalized spacial score (nSPS) is 18.9. The Morgan fingerprint density at radius 3 is 2.56 bits per heavy atom. The van der Waals surface area contributed by atoms with Crippen LogP contribution in [0.5, 0.6) is 0 Å². The quantitative estimate of drug-likeness (QED) is 0.839. The zero-order chi connectivity index (χ0) is 19.4. The Morgan fingerprint density at radius 1 is 1.26 bits per heavy atom. The van der Waals surface area contributed by atoms with Crippen molar-refractivity contribution < 1.29 is 9.32 Å². The van der Waals surface area contributed by atoms with E-state index >= 15 is 0 Å². The number of benzene rings is 1. The van der Waals surface area contributed by atoms with Crippen molar-refractivity contribution in [3.05, 3.63) is 36.2 Å². The maximum Gasteiger partial charge on any atom is 0.244 e. The van der Waals surface area contributed by atoms with Crippen molar-refractivity contribution in [1.29, 1.82) is 0 Å². The summed E-state index contributed by atoms with van der Waals surface area (Å²) in [5, 5.41) is 4.10. The first-order valence-electron chi connectivity index (χ1n) is 9.63. The molecular weight excluding hydrogens is 342 g/mol. The molecular formula is C20H29N5O2. The number of nitrogens with two attached hydrogens (primary N) is 1. The van der Waals surface area contributed by atoms with E-state index in [1.54, 1.807) is 0 Å². The maximum atomic E-state index is 12.7. The maximum absolute atomic E-state index is 12.7. The highest BCUT2D eigenvalue weighted by atomic mass is 16.5. The lowest BCUT2D eigenvalue weighted by molar-refractivity contribution is -0.138. The van der Waals surface area contributed by atoms with Gasteiger partial charge in [-0.05, 0) is 20.3 Å². The fraction of sp³-hybridized carbons (Fsp3) is 0.550. The van der Waals surface area contributed by atoms with Gasteiger partial charge in [-0.2, -0.15) is 4.98 Å². The van der Waals surface area contributed by atoms with Gasteiger partial charge < -0.3 is 15.2 Å². The Labute approximate surface area is 160 Å². The Morgan fingerprint density at radius 2 is 1.93 bits per heavy atom. The predicted molar refractivity (Wildman–Crippen MR) is 104 cm³/mol. The lowest BCUT2D eigenvalue weighted by Crippen LogP contribution is -2.58. The van der Waals surface area contributed by atoms with Crippen molar-refractivity contribution in [2.24, 2.45) is 5.73 Å². The molecule has 1 aromatic carbocycles. The first kappa shape index (κ1) is 19.5. The molecule has 0 spiro atoms. The summed E-state index contributed by atoms with van der Waals surface area (Å²) in [6, 6.07) is 9.80. The average Bonchev–Trinajstić information content (AvgIpc) is 3.18. The van der Waals surface area contributed by atoms with Crippen LogP contribution in [-0.4, -0.2) is 57.6 Å². The lowest BCUT2D eigenvalue weighted by Gasteiger charge is -2.39. The third kappa shape index (κ3) is 4.36. The Bertz CT molecular complexity index is 751. The van der Waals surface area contributed by atoms with Gasteiger partial charge in [0.25, 0.3) is 0 Å². The molecule has 2 aromatic rings. The molecule has 2 heterocycles. The van der Waals surface area contributed by atoms with Crippen LogP contribution in [0.2, 0.25) is 0 Å². The van der Waals surface area contributed by atoms with E-state index in [0.717, 1.165) is 25.1 Å². The Kier molecular flexibility index (Phi) is 5.92. The lowest BCUT2D eigenvalue weighted by atomic mass is 9.95. The Hall–Kier alpha value is -2.25. The zero-order valence-electron chi connectivity index (χ0n) is 16.4. The number of piperazine rings is 1. The second-order valence-electron chi connectivity index (χ2n) is 7.49.